The summed E-state index contributed by atoms with van der Waals surface area (Å²) in [5.41, 5.74) is 10.0. The summed E-state index contributed by atoms with van der Waals surface area (Å²) in [6.45, 7) is 23.1. The first kappa shape index (κ1) is 22.4. The number of rotatable bonds is 0. The molecule has 0 atom stereocenters. The first-order valence-corrected chi connectivity index (χ1v) is 12.4. The van der Waals surface area contributed by atoms with Gasteiger partial charge in [0, 0.05) is 27.6 Å². The summed E-state index contributed by atoms with van der Waals surface area (Å²) in [6, 6.07) is 11.5. The minimum absolute atomic E-state index is 0.0125. The summed E-state index contributed by atoms with van der Waals surface area (Å²) in [7, 11) is 0. The monoisotopic (exact) mass is 441 g/mol. The van der Waals surface area contributed by atoms with Crippen LogP contribution in [-0.4, -0.2) is 14.4 Å². The summed E-state index contributed by atoms with van der Waals surface area (Å²) in [6.07, 6.45) is 2.42. The Bertz CT molecular complexity index is 1420. The van der Waals surface area contributed by atoms with Crippen molar-refractivity contribution in [3.05, 3.63) is 52.8 Å². The molecule has 3 nitrogen and oxygen atoms in total. The molecule has 0 saturated carbocycles. The molecule has 3 heteroatoms. The van der Waals surface area contributed by atoms with Crippen LogP contribution in [0.15, 0.2) is 30.3 Å². The van der Waals surface area contributed by atoms with Crippen LogP contribution in [-0.2, 0) is 21.7 Å². The molecule has 0 radical (unpaired) electrons. The molecule has 1 aromatic carbocycles. The lowest BCUT2D eigenvalue weighted by molar-refractivity contribution is 0.332. The summed E-state index contributed by atoms with van der Waals surface area (Å²) in [4.78, 5) is 10.4. The Morgan fingerprint density at radius 1 is 0.727 bits per heavy atom. The van der Waals surface area contributed by atoms with Gasteiger partial charge in [0.15, 0.2) is 0 Å². The van der Waals surface area contributed by atoms with Crippen molar-refractivity contribution < 1.29 is 0 Å². The van der Waals surface area contributed by atoms with Crippen LogP contribution in [0.5, 0.6) is 0 Å². The Balaban J connectivity index is 1.94. The fourth-order valence-corrected chi connectivity index (χ4v) is 5.50. The van der Waals surface area contributed by atoms with Gasteiger partial charge in [-0.2, -0.15) is 0 Å². The van der Waals surface area contributed by atoms with Crippen LogP contribution in [0.25, 0.3) is 27.6 Å². The van der Waals surface area contributed by atoms with E-state index in [-0.39, 0.29) is 21.7 Å². The number of pyridine rings is 2. The number of nitrogens with zero attached hydrogens (tertiary/aromatic N) is 3. The van der Waals surface area contributed by atoms with Gasteiger partial charge in [-0.1, -0.05) is 69.2 Å². The van der Waals surface area contributed by atoms with E-state index in [9.17, 15) is 0 Å². The largest absolute Gasteiger partial charge is 0.295 e. The third kappa shape index (κ3) is 3.38. The Labute approximate surface area is 198 Å². The lowest BCUT2D eigenvalue weighted by Gasteiger charge is -2.41. The van der Waals surface area contributed by atoms with E-state index in [2.05, 4.69) is 104 Å². The molecule has 0 bridgehead atoms. The molecule has 1 aliphatic rings. The number of fused-ring (bicyclic) bond motifs is 6. The summed E-state index contributed by atoms with van der Waals surface area (Å²) < 4.78 is 2.41. The average molecular weight is 442 g/mol. The number of aromatic nitrogens is 3. The van der Waals surface area contributed by atoms with Gasteiger partial charge in [0.25, 0.3) is 0 Å². The van der Waals surface area contributed by atoms with Gasteiger partial charge < -0.3 is 0 Å². The summed E-state index contributed by atoms with van der Waals surface area (Å²) >= 11 is 0. The van der Waals surface area contributed by atoms with E-state index < -0.39 is 0 Å². The second-order valence-corrected chi connectivity index (χ2v) is 13.6. The number of imidazole rings is 1. The van der Waals surface area contributed by atoms with E-state index in [0.717, 1.165) is 27.8 Å². The first-order chi connectivity index (χ1) is 15.1. The van der Waals surface area contributed by atoms with Crippen LogP contribution in [0.3, 0.4) is 0 Å². The van der Waals surface area contributed by atoms with Crippen LogP contribution < -0.4 is 0 Å². The minimum Gasteiger partial charge on any atom is -0.295 e. The molecular formula is C30H39N3. The third-order valence-corrected chi connectivity index (χ3v) is 7.84. The Morgan fingerprint density at radius 2 is 1.33 bits per heavy atom. The zero-order chi connectivity index (χ0) is 24.1. The molecule has 1 aliphatic carbocycles. The molecule has 0 unspecified atom stereocenters. The normalized spacial score (nSPS) is 18.2. The van der Waals surface area contributed by atoms with Crippen molar-refractivity contribution >= 4 is 27.6 Å². The molecule has 5 rings (SSSR count). The standard InChI is InChI=1S/C30H39N3/c1-27(2,3)24-12-11-18-21(31-24)17-25(28(4,5)6)33-23-16-20-19(15-22(23)32-26(18)33)29(7,8)13-14-30(20,9)10/h11-12,15-17H,13-14H2,1-10H3. The van der Waals surface area contributed by atoms with E-state index in [0.29, 0.717) is 0 Å². The molecule has 0 aliphatic heterocycles. The van der Waals surface area contributed by atoms with E-state index in [1.54, 1.807) is 0 Å². The predicted octanol–water partition coefficient (Wildman–Crippen LogP) is 7.98. The van der Waals surface area contributed by atoms with Crippen molar-refractivity contribution in [1.29, 1.82) is 0 Å². The molecular weight excluding hydrogens is 402 g/mol. The van der Waals surface area contributed by atoms with E-state index in [1.807, 2.05) is 0 Å². The van der Waals surface area contributed by atoms with Gasteiger partial charge in [0.2, 0.25) is 0 Å². The Hall–Kier alpha value is -2.42. The van der Waals surface area contributed by atoms with Crippen molar-refractivity contribution in [1.82, 2.24) is 14.4 Å². The molecule has 3 aromatic heterocycles. The second kappa shape index (κ2) is 6.58. The van der Waals surface area contributed by atoms with Crippen LogP contribution >= 0.6 is 0 Å². The van der Waals surface area contributed by atoms with Crippen LogP contribution in [0, 0.1) is 0 Å². The average Bonchev–Trinajstić information content (AvgIpc) is 3.07. The number of hydrogen-bond acceptors (Lipinski definition) is 2. The highest BCUT2D eigenvalue weighted by Crippen LogP contribution is 2.47. The molecule has 3 heterocycles. The van der Waals surface area contributed by atoms with Gasteiger partial charge >= 0.3 is 0 Å². The zero-order valence-corrected chi connectivity index (χ0v) is 22.1. The Morgan fingerprint density at radius 3 is 1.91 bits per heavy atom. The highest BCUT2D eigenvalue weighted by atomic mass is 15.0. The van der Waals surface area contributed by atoms with Gasteiger partial charge in [-0.15, -0.1) is 0 Å². The fraction of sp³-hybridized carbons (Fsp3) is 0.533. The summed E-state index contributed by atoms with van der Waals surface area (Å²) in [5.74, 6) is 0. The van der Waals surface area contributed by atoms with Gasteiger partial charge in [-0.05, 0) is 65.1 Å². The quantitative estimate of drug-likeness (QED) is 0.277. The lowest BCUT2D eigenvalue weighted by Crippen LogP contribution is -2.33. The van der Waals surface area contributed by atoms with Crippen LogP contribution in [0.1, 0.15) is 105 Å². The van der Waals surface area contributed by atoms with Crippen LogP contribution in [0.4, 0.5) is 0 Å². The van der Waals surface area contributed by atoms with Gasteiger partial charge in [0.05, 0.1) is 16.6 Å². The van der Waals surface area contributed by atoms with E-state index in [1.165, 1.54) is 35.2 Å². The van der Waals surface area contributed by atoms with Crippen molar-refractivity contribution in [2.75, 3.05) is 0 Å². The van der Waals surface area contributed by atoms with Gasteiger partial charge in [0.1, 0.15) is 5.65 Å². The molecule has 0 saturated heterocycles. The molecule has 33 heavy (non-hydrogen) atoms. The second-order valence-electron chi connectivity index (χ2n) is 13.6. The SMILES string of the molecule is CC(C)(C)c1ccc2c(cc(C(C)(C)C)n3c4cc5c(cc4nc23)C(C)(C)CCC5(C)C)n1. The fourth-order valence-electron chi connectivity index (χ4n) is 5.50. The van der Waals surface area contributed by atoms with Gasteiger partial charge in [-0.25, -0.2) is 4.98 Å². The van der Waals surface area contributed by atoms with Crippen molar-refractivity contribution in [3.8, 4) is 0 Å². The third-order valence-electron chi connectivity index (χ3n) is 7.84. The first-order valence-electron chi connectivity index (χ1n) is 12.4. The Kier molecular flexibility index (Phi) is 4.46. The lowest BCUT2D eigenvalue weighted by atomic mass is 9.63. The molecule has 174 valence electrons. The van der Waals surface area contributed by atoms with Crippen molar-refractivity contribution in [2.24, 2.45) is 0 Å². The maximum absolute atomic E-state index is 5.25. The topological polar surface area (TPSA) is 30.2 Å². The van der Waals surface area contributed by atoms with E-state index >= 15 is 0 Å². The van der Waals surface area contributed by atoms with Crippen LogP contribution in [0.2, 0.25) is 0 Å². The molecule has 0 N–H and O–H groups in total. The van der Waals surface area contributed by atoms with Crippen molar-refractivity contribution in [2.45, 2.75) is 104 Å². The van der Waals surface area contributed by atoms with E-state index in [4.69, 9.17) is 9.97 Å². The maximum atomic E-state index is 5.25. The zero-order valence-electron chi connectivity index (χ0n) is 22.1. The molecule has 0 spiro atoms. The minimum atomic E-state index is -0.0375. The number of benzene rings is 1. The number of hydrogen-bond donors (Lipinski definition) is 0. The maximum Gasteiger partial charge on any atom is 0.147 e. The smallest absolute Gasteiger partial charge is 0.147 e. The summed E-state index contributed by atoms with van der Waals surface area (Å²) in [5, 5.41) is 1.13. The molecule has 4 aromatic rings. The molecule has 0 fully saturated rings. The highest BCUT2D eigenvalue weighted by Gasteiger charge is 2.38. The highest BCUT2D eigenvalue weighted by molar-refractivity contribution is 5.97. The van der Waals surface area contributed by atoms with Crippen molar-refractivity contribution in [3.63, 3.8) is 0 Å². The predicted molar refractivity (Wildman–Crippen MR) is 141 cm³/mol. The molecule has 0 amide bonds. The van der Waals surface area contributed by atoms with Gasteiger partial charge in [-0.3, -0.25) is 9.38 Å².